The molecule has 0 bridgehead atoms. The van der Waals surface area contributed by atoms with Crippen molar-refractivity contribution < 1.29 is 91.7 Å². The second kappa shape index (κ2) is 42.0. The van der Waals surface area contributed by atoms with Crippen LogP contribution in [0.2, 0.25) is 0 Å². The Morgan fingerprint density at radius 3 is 1.31 bits per heavy atom. The van der Waals surface area contributed by atoms with Crippen molar-refractivity contribution in [3.05, 3.63) is 36.0 Å². The smallest absolute Gasteiger partial charge is 0.246 e. The Balaban J connectivity index is 2.13. The van der Waals surface area contributed by atoms with Crippen LogP contribution in [0.3, 0.4) is 0 Å². The van der Waals surface area contributed by atoms with Crippen molar-refractivity contribution in [1.29, 1.82) is 0 Å². The van der Waals surface area contributed by atoms with E-state index >= 15 is 0 Å². The summed E-state index contributed by atoms with van der Waals surface area (Å²) >= 11 is 0. The van der Waals surface area contributed by atoms with Gasteiger partial charge in [-0.05, 0) is 145 Å². The summed E-state index contributed by atoms with van der Waals surface area (Å²) in [4.78, 5) is 232. The summed E-state index contributed by atoms with van der Waals surface area (Å²) in [6.07, 6.45) is 0.813. The Bertz CT molecular complexity index is 3660. The van der Waals surface area contributed by atoms with Gasteiger partial charge in [0.25, 0.3) is 0 Å². The standard InChI is InChI=1S/C73H120N18O19/c1-21-73(20,91-67(109)72(18,19)90-63(105)54(38(6)7)86-60(102)50(80-42(11)94)32-43-33-76-46-25-23-22-24-45(43)46)68(110)79-40(9)55(97)82-47(26-28-52(74)95)58(100)77-41(10)57(99)87-70(14,15)66(108)85-51(35-93)62(104)89-69(12,13)64(106)78-39(8)56(98)83-49(31-37(4)5)61(103)88-71(16,17)65(107)84-48(27-29-53(75)96)59(101)81-44(34-92)30-36(2)3/h22-25,33,36-41,44,47-51,54,76,92-93H,21,26-32,34-35H2,1-20H3,(H2,74,95)(H2,75,96)(H,77,100)(H,78,106)(H,79,110)(H,80,94)(H,81,101)(H,82,97)(H,83,98)(H,84,107)(H,85,108)(H,86,102)(H,87,99)(H,88,103)(H,89,104)(H,90,105)(H,91,109). The molecule has 37 heteroatoms. The van der Waals surface area contributed by atoms with Crippen molar-refractivity contribution >= 4 is 111 Å². The van der Waals surface area contributed by atoms with E-state index in [-0.39, 0.29) is 43.9 Å². The van der Waals surface area contributed by atoms with E-state index in [0.717, 1.165) is 16.5 Å². The Hall–Kier alpha value is -10.3. The van der Waals surface area contributed by atoms with Gasteiger partial charge in [-0.15, -0.1) is 0 Å². The molecule has 1 aromatic heterocycles. The van der Waals surface area contributed by atoms with Gasteiger partial charge in [0.2, 0.25) is 100 Å². The molecule has 37 nitrogen and oxygen atoms in total. The van der Waals surface area contributed by atoms with Crippen molar-refractivity contribution in [2.75, 3.05) is 13.2 Å². The topological polar surface area (TPSA) is 579 Å². The summed E-state index contributed by atoms with van der Waals surface area (Å²) in [6.45, 7) is 27.4. The number of nitrogens with one attached hydrogen (secondary N) is 16. The molecule has 0 aliphatic rings. The van der Waals surface area contributed by atoms with E-state index in [4.69, 9.17) is 11.5 Å². The SMILES string of the molecule is CCC(C)(NC(=O)C(C)(C)NC(=O)C(NC(=O)C(Cc1c[nH]c2ccccc12)NC(C)=O)C(C)C)C(=O)NC(C)C(=O)NC(CCC(N)=O)C(=O)NC(C)C(=O)NC(C)(C)C(=O)NC(CO)C(=O)NC(C)(C)C(=O)NC(C)C(=O)NC(CC(C)C)C(=O)NC(C)(C)C(=O)NC(CCC(N)=O)C(=O)NC(CO)CC(C)C. The van der Waals surface area contributed by atoms with Crippen LogP contribution in [0.5, 0.6) is 0 Å². The molecule has 17 amide bonds. The summed E-state index contributed by atoms with van der Waals surface area (Å²) in [5.41, 5.74) is 3.26. The summed E-state index contributed by atoms with van der Waals surface area (Å²) < 4.78 is 0. The van der Waals surface area contributed by atoms with Crippen LogP contribution in [-0.4, -0.2) is 217 Å². The largest absolute Gasteiger partial charge is 0.394 e. The van der Waals surface area contributed by atoms with Crippen LogP contribution in [0.15, 0.2) is 30.5 Å². The fourth-order valence-electron chi connectivity index (χ4n) is 10.9. The van der Waals surface area contributed by atoms with Crippen molar-refractivity contribution in [3.63, 3.8) is 0 Å². The third-order valence-electron chi connectivity index (χ3n) is 18.0. The molecule has 0 saturated heterocycles. The first-order valence-corrected chi connectivity index (χ1v) is 36.6. The number of carbonyl (C=O) groups excluding carboxylic acids is 17. The van der Waals surface area contributed by atoms with Gasteiger partial charge in [-0.3, -0.25) is 81.5 Å². The van der Waals surface area contributed by atoms with Crippen molar-refractivity contribution in [3.8, 4) is 0 Å². The van der Waals surface area contributed by atoms with E-state index in [1.807, 2.05) is 38.1 Å². The van der Waals surface area contributed by atoms with Crippen LogP contribution >= 0.6 is 0 Å². The molecule has 11 atom stereocenters. The molecule has 22 N–H and O–H groups in total. The molecule has 0 radical (unpaired) electrons. The number of carbonyl (C=O) groups is 17. The molecule has 0 aliphatic heterocycles. The average Bonchev–Trinajstić information content (AvgIpc) is 1.47. The molecule has 1 aromatic carbocycles. The highest BCUT2D eigenvalue weighted by Crippen LogP contribution is 2.21. The number of benzene rings is 1. The van der Waals surface area contributed by atoms with Crippen LogP contribution in [0.4, 0.5) is 0 Å². The fraction of sp³-hybridized carbons (Fsp3) is 0.658. The van der Waals surface area contributed by atoms with Crippen molar-refractivity contribution in [2.45, 2.75) is 278 Å². The number of hydrogen-bond donors (Lipinski definition) is 20. The molecule has 2 aromatic rings. The number of hydrogen-bond acceptors (Lipinski definition) is 19. The second-order valence-electron chi connectivity index (χ2n) is 31.3. The van der Waals surface area contributed by atoms with Crippen LogP contribution < -0.4 is 91.2 Å². The van der Waals surface area contributed by atoms with Gasteiger partial charge in [-0.2, -0.15) is 0 Å². The maximum atomic E-state index is 14.0. The molecule has 11 unspecified atom stereocenters. The number of rotatable bonds is 45. The highest BCUT2D eigenvalue weighted by molar-refractivity contribution is 6.03. The first-order chi connectivity index (χ1) is 50.7. The Morgan fingerprint density at radius 2 is 0.836 bits per heavy atom. The number of amides is 17. The minimum atomic E-state index is -1.92. The molecule has 1 heterocycles. The van der Waals surface area contributed by atoms with E-state index in [9.17, 15) is 91.7 Å². The fourth-order valence-corrected chi connectivity index (χ4v) is 10.9. The predicted molar refractivity (Wildman–Crippen MR) is 405 cm³/mol. The number of fused-ring (bicyclic) bond motifs is 1. The van der Waals surface area contributed by atoms with E-state index in [1.54, 1.807) is 40.8 Å². The van der Waals surface area contributed by atoms with Gasteiger partial charge < -0.3 is 106 Å². The quantitative estimate of drug-likeness (QED) is 0.0310. The van der Waals surface area contributed by atoms with Gasteiger partial charge in [0, 0.05) is 43.3 Å². The van der Waals surface area contributed by atoms with Gasteiger partial charge in [-0.25, -0.2) is 0 Å². The van der Waals surface area contributed by atoms with Crippen LogP contribution in [-0.2, 0) is 87.9 Å². The lowest BCUT2D eigenvalue weighted by molar-refractivity contribution is -0.140. The molecule has 0 fully saturated rings. The highest BCUT2D eigenvalue weighted by Gasteiger charge is 2.44. The molecule has 2 rings (SSSR count). The minimum absolute atomic E-state index is 0.0334. The molecule has 110 heavy (non-hydrogen) atoms. The molecule has 0 spiro atoms. The van der Waals surface area contributed by atoms with Crippen molar-refractivity contribution in [1.82, 2.24) is 84.7 Å². The average molecular weight is 1550 g/mol. The minimum Gasteiger partial charge on any atom is -0.394 e. The van der Waals surface area contributed by atoms with Gasteiger partial charge in [0.15, 0.2) is 0 Å². The molecule has 0 aliphatic carbocycles. The van der Waals surface area contributed by atoms with Gasteiger partial charge in [0.05, 0.1) is 19.3 Å². The Kier molecular flexibility index (Phi) is 36.6. The zero-order valence-electron chi connectivity index (χ0n) is 67.0. The summed E-state index contributed by atoms with van der Waals surface area (Å²) in [6, 6.07) is -5.85. The zero-order valence-corrected chi connectivity index (χ0v) is 67.0. The number of aliphatic hydroxyl groups excluding tert-OH is 2. The second-order valence-corrected chi connectivity index (χ2v) is 31.3. The Morgan fingerprint density at radius 1 is 0.418 bits per heavy atom. The lowest BCUT2D eigenvalue weighted by Crippen LogP contribution is -2.66. The summed E-state index contributed by atoms with van der Waals surface area (Å²) in [5, 5.41) is 58.8. The number of aliphatic hydroxyl groups is 2. The lowest BCUT2D eigenvalue weighted by atomic mass is 9.93. The predicted octanol–water partition coefficient (Wildman–Crippen LogP) is -3.23. The number of nitrogens with two attached hydrogens (primary N) is 2. The highest BCUT2D eigenvalue weighted by atomic mass is 16.3. The monoisotopic (exact) mass is 1550 g/mol. The van der Waals surface area contributed by atoms with E-state index in [0.29, 0.717) is 6.42 Å². The molecular weight excluding hydrogens is 1430 g/mol. The zero-order chi connectivity index (χ0) is 84.5. The molecular formula is C73H120N18O19. The number of primary amides is 2. The van der Waals surface area contributed by atoms with Crippen LogP contribution in [0.1, 0.15) is 189 Å². The first kappa shape index (κ1) is 95.7. The van der Waals surface area contributed by atoms with Crippen LogP contribution in [0.25, 0.3) is 10.9 Å². The maximum absolute atomic E-state index is 14.0. The number of para-hydroxylation sites is 1. The summed E-state index contributed by atoms with van der Waals surface area (Å²) in [7, 11) is 0. The third-order valence-corrected chi connectivity index (χ3v) is 18.0. The van der Waals surface area contributed by atoms with Gasteiger partial charge in [0.1, 0.15) is 82.1 Å². The molecule has 616 valence electrons. The molecule has 0 saturated carbocycles. The number of aromatic nitrogens is 1. The first-order valence-electron chi connectivity index (χ1n) is 36.6. The Labute approximate surface area is 641 Å². The summed E-state index contributed by atoms with van der Waals surface area (Å²) in [5.74, 6) is -15.3. The maximum Gasteiger partial charge on any atom is 0.246 e. The number of H-pyrrole nitrogens is 1. The van der Waals surface area contributed by atoms with Crippen LogP contribution in [0, 0.1) is 17.8 Å². The lowest BCUT2D eigenvalue weighted by Gasteiger charge is -2.35. The van der Waals surface area contributed by atoms with Gasteiger partial charge in [-0.1, -0.05) is 66.7 Å². The van der Waals surface area contributed by atoms with E-state index in [1.165, 1.54) is 90.0 Å². The van der Waals surface area contributed by atoms with E-state index < -0.39 is 221 Å². The normalized spacial score (nSPS) is 15.1. The van der Waals surface area contributed by atoms with Gasteiger partial charge >= 0.3 is 0 Å². The third kappa shape index (κ3) is 30.3. The number of aromatic amines is 1. The van der Waals surface area contributed by atoms with E-state index in [2.05, 4.69) is 84.7 Å². The van der Waals surface area contributed by atoms with Crippen molar-refractivity contribution in [2.24, 2.45) is 29.2 Å².